The van der Waals surface area contributed by atoms with Gasteiger partial charge >= 0.3 is 0 Å². The summed E-state index contributed by atoms with van der Waals surface area (Å²) in [6.45, 7) is 3.45. The Bertz CT molecular complexity index is 1200. The van der Waals surface area contributed by atoms with E-state index < -0.39 is 6.04 Å². The Labute approximate surface area is 199 Å². The smallest absolute Gasteiger partial charge is 0.254 e. The van der Waals surface area contributed by atoms with Gasteiger partial charge in [0, 0.05) is 31.7 Å². The lowest BCUT2D eigenvalue weighted by Crippen LogP contribution is -2.55. The first-order chi connectivity index (χ1) is 16.5. The highest BCUT2D eigenvalue weighted by Crippen LogP contribution is 2.19. The first-order valence-corrected chi connectivity index (χ1v) is 11.4. The number of carbonyl (C=O) groups excluding carboxylic acids is 3. The maximum absolute atomic E-state index is 12.9. The van der Waals surface area contributed by atoms with Crippen LogP contribution < -0.4 is 10.1 Å². The van der Waals surface area contributed by atoms with E-state index in [2.05, 4.69) is 5.32 Å². The van der Waals surface area contributed by atoms with Crippen molar-refractivity contribution < 1.29 is 19.1 Å². The van der Waals surface area contributed by atoms with Crippen LogP contribution in [0.25, 0.3) is 10.8 Å². The molecule has 1 saturated heterocycles. The van der Waals surface area contributed by atoms with Crippen LogP contribution in [0.2, 0.25) is 0 Å². The Balaban J connectivity index is 1.30. The fourth-order valence-electron chi connectivity index (χ4n) is 4.32. The number of carbonyl (C=O) groups is 3. The van der Waals surface area contributed by atoms with Crippen LogP contribution in [0, 0.1) is 0 Å². The molecule has 1 aliphatic heterocycles. The van der Waals surface area contributed by atoms with Crippen molar-refractivity contribution in [1.82, 2.24) is 15.1 Å². The second-order valence-corrected chi connectivity index (χ2v) is 8.45. The molecule has 1 aliphatic rings. The predicted molar refractivity (Wildman–Crippen MR) is 131 cm³/mol. The van der Waals surface area contributed by atoms with Gasteiger partial charge in [-0.3, -0.25) is 14.4 Å². The molecule has 0 saturated carbocycles. The average molecular weight is 460 g/mol. The van der Waals surface area contributed by atoms with Gasteiger partial charge in [0.05, 0.1) is 13.5 Å². The number of hydrogen-bond acceptors (Lipinski definition) is 4. The average Bonchev–Trinajstić information content (AvgIpc) is 2.88. The maximum Gasteiger partial charge on any atom is 0.254 e. The number of fused-ring (bicyclic) bond motifs is 1. The van der Waals surface area contributed by atoms with Crippen molar-refractivity contribution in [1.29, 1.82) is 0 Å². The molecule has 3 amide bonds. The lowest BCUT2D eigenvalue weighted by Gasteiger charge is -2.36. The minimum atomic E-state index is -0.636. The van der Waals surface area contributed by atoms with Gasteiger partial charge in [0.2, 0.25) is 11.8 Å². The zero-order valence-electron chi connectivity index (χ0n) is 19.5. The summed E-state index contributed by atoms with van der Waals surface area (Å²) in [5.41, 5.74) is 1.49. The van der Waals surface area contributed by atoms with E-state index >= 15 is 0 Å². The van der Waals surface area contributed by atoms with Crippen molar-refractivity contribution in [2.45, 2.75) is 19.4 Å². The van der Waals surface area contributed by atoms with Gasteiger partial charge in [-0.1, -0.05) is 48.5 Å². The highest BCUT2D eigenvalue weighted by Gasteiger charge is 2.28. The summed E-state index contributed by atoms with van der Waals surface area (Å²) < 4.78 is 5.20. The van der Waals surface area contributed by atoms with Crippen LogP contribution in [0.5, 0.6) is 5.75 Å². The van der Waals surface area contributed by atoms with Gasteiger partial charge in [-0.2, -0.15) is 0 Å². The summed E-state index contributed by atoms with van der Waals surface area (Å²) in [5, 5.41) is 4.96. The molecule has 0 aromatic heterocycles. The van der Waals surface area contributed by atoms with E-state index in [1.54, 1.807) is 48.1 Å². The summed E-state index contributed by atoms with van der Waals surface area (Å²) in [7, 11) is 1.57. The van der Waals surface area contributed by atoms with Gasteiger partial charge in [-0.25, -0.2) is 0 Å². The van der Waals surface area contributed by atoms with Crippen molar-refractivity contribution in [3.8, 4) is 5.75 Å². The Morgan fingerprint density at radius 3 is 2.35 bits per heavy atom. The van der Waals surface area contributed by atoms with Gasteiger partial charge in [-0.15, -0.1) is 0 Å². The molecule has 0 aliphatic carbocycles. The molecule has 3 aromatic carbocycles. The van der Waals surface area contributed by atoms with Gasteiger partial charge in [0.1, 0.15) is 11.8 Å². The van der Waals surface area contributed by atoms with Crippen molar-refractivity contribution in [3.63, 3.8) is 0 Å². The molecule has 1 heterocycles. The number of hydrogen-bond donors (Lipinski definition) is 1. The molecular weight excluding hydrogens is 430 g/mol. The molecule has 1 atom stereocenters. The largest absolute Gasteiger partial charge is 0.497 e. The molecular formula is C27H29N3O4. The van der Waals surface area contributed by atoms with Crippen molar-refractivity contribution in [2.24, 2.45) is 0 Å². The Morgan fingerprint density at radius 2 is 1.59 bits per heavy atom. The summed E-state index contributed by atoms with van der Waals surface area (Å²) >= 11 is 0. The van der Waals surface area contributed by atoms with Crippen LogP contribution in [-0.2, 0) is 16.0 Å². The third-order valence-electron chi connectivity index (χ3n) is 6.17. The fraction of sp³-hybridized carbons (Fsp3) is 0.296. The highest BCUT2D eigenvalue weighted by atomic mass is 16.5. The molecule has 1 fully saturated rings. The molecule has 0 spiro atoms. The normalized spacial score (nSPS) is 14.5. The highest BCUT2D eigenvalue weighted by molar-refractivity contribution is 5.95. The molecule has 1 N–H and O–H groups in total. The van der Waals surface area contributed by atoms with Gasteiger partial charge < -0.3 is 19.9 Å². The molecule has 0 bridgehead atoms. The van der Waals surface area contributed by atoms with E-state index in [9.17, 15) is 14.4 Å². The van der Waals surface area contributed by atoms with Crippen LogP contribution in [0.15, 0.2) is 66.7 Å². The Kier molecular flexibility index (Phi) is 7.11. The molecule has 3 aromatic rings. The lowest BCUT2D eigenvalue weighted by molar-refractivity contribution is -0.137. The number of rotatable bonds is 6. The topological polar surface area (TPSA) is 79.0 Å². The van der Waals surface area contributed by atoms with E-state index in [1.807, 2.05) is 42.5 Å². The summed E-state index contributed by atoms with van der Waals surface area (Å²) in [5.74, 6) is 0.221. The van der Waals surface area contributed by atoms with Crippen LogP contribution in [-0.4, -0.2) is 66.9 Å². The fourth-order valence-corrected chi connectivity index (χ4v) is 4.32. The van der Waals surface area contributed by atoms with E-state index in [1.165, 1.54) is 0 Å². The summed E-state index contributed by atoms with van der Waals surface area (Å²) in [6, 6.07) is 20.2. The maximum atomic E-state index is 12.9. The Morgan fingerprint density at radius 1 is 0.912 bits per heavy atom. The predicted octanol–water partition coefficient (Wildman–Crippen LogP) is 2.88. The zero-order chi connectivity index (χ0) is 24.1. The molecule has 4 rings (SSSR count). The van der Waals surface area contributed by atoms with E-state index in [0.717, 1.165) is 16.3 Å². The van der Waals surface area contributed by atoms with Crippen molar-refractivity contribution in [3.05, 3.63) is 77.9 Å². The summed E-state index contributed by atoms with van der Waals surface area (Å²) in [6.07, 6.45) is 0.210. The van der Waals surface area contributed by atoms with E-state index in [4.69, 9.17) is 4.74 Å². The third kappa shape index (κ3) is 5.20. The van der Waals surface area contributed by atoms with E-state index in [-0.39, 0.29) is 24.1 Å². The number of nitrogens with one attached hydrogen (secondary N) is 1. The van der Waals surface area contributed by atoms with E-state index in [0.29, 0.717) is 37.5 Å². The Hall–Kier alpha value is -3.87. The number of piperazine rings is 1. The molecule has 34 heavy (non-hydrogen) atoms. The second kappa shape index (κ2) is 10.4. The quantitative estimate of drug-likeness (QED) is 0.615. The number of amides is 3. The third-order valence-corrected chi connectivity index (χ3v) is 6.17. The standard InChI is InChI=1S/C27H29N3O4/c1-19(28-25(31)18-21-9-5-8-20-7-3-4-12-24(20)21)26(32)29-13-15-30(16-14-29)27(33)22-10-6-11-23(17-22)34-2/h3-12,17,19H,13-16,18H2,1-2H3,(H,28,31). The summed E-state index contributed by atoms with van der Waals surface area (Å²) in [4.78, 5) is 41.8. The SMILES string of the molecule is COc1cccc(C(=O)N2CCN(C(=O)C(C)NC(=O)Cc3cccc4ccccc34)CC2)c1. The molecule has 7 heteroatoms. The van der Waals surface area contributed by atoms with Crippen LogP contribution in [0.4, 0.5) is 0 Å². The first kappa shape index (κ1) is 23.3. The van der Waals surface area contributed by atoms with Gasteiger partial charge in [0.25, 0.3) is 5.91 Å². The minimum Gasteiger partial charge on any atom is -0.497 e. The molecule has 176 valence electrons. The number of nitrogens with zero attached hydrogens (tertiary/aromatic N) is 2. The minimum absolute atomic E-state index is 0.0811. The van der Waals surface area contributed by atoms with Crippen molar-refractivity contribution in [2.75, 3.05) is 33.3 Å². The number of benzene rings is 3. The molecule has 7 nitrogen and oxygen atoms in total. The number of ether oxygens (including phenoxy) is 1. The number of methoxy groups -OCH3 is 1. The van der Waals surface area contributed by atoms with Crippen LogP contribution in [0.3, 0.4) is 0 Å². The molecule has 0 radical (unpaired) electrons. The van der Waals surface area contributed by atoms with Gasteiger partial charge in [-0.05, 0) is 41.5 Å². The first-order valence-electron chi connectivity index (χ1n) is 11.4. The molecule has 1 unspecified atom stereocenters. The van der Waals surface area contributed by atoms with Crippen molar-refractivity contribution >= 4 is 28.5 Å². The zero-order valence-corrected chi connectivity index (χ0v) is 19.5. The lowest BCUT2D eigenvalue weighted by atomic mass is 10.0. The van der Waals surface area contributed by atoms with Crippen LogP contribution in [0.1, 0.15) is 22.8 Å². The monoisotopic (exact) mass is 459 g/mol. The van der Waals surface area contributed by atoms with Gasteiger partial charge in [0.15, 0.2) is 0 Å². The van der Waals surface area contributed by atoms with Crippen LogP contribution >= 0.6 is 0 Å². The second-order valence-electron chi connectivity index (χ2n) is 8.45.